The van der Waals surface area contributed by atoms with Crippen molar-refractivity contribution >= 4 is 12.4 Å². The van der Waals surface area contributed by atoms with E-state index in [1.807, 2.05) is 0 Å². The Morgan fingerprint density at radius 3 is 2.73 bits per heavy atom. The van der Waals surface area contributed by atoms with Gasteiger partial charge in [-0.05, 0) is 13.8 Å². The van der Waals surface area contributed by atoms with Crippen LogP contribution < -0.4 is 5.32 Å². The Morgan fingerprint density at radius 2 is 2.09 bits per heavy atom. The van der Waals surface area contributed by atoms with E-state index >= 15 is 0 Å². The van der Waals surface area contributed by atoms with Crippen molar-refractivity contribution in [3.05, 3.63) is 0 Å². The van der Waals surface area contributed by atoms with Gasteiger partial charge in [0.1, 0.15) is 0 Å². The lowest BCUT2D eigenvalue weighted by atomic mass is 9.86. The van der Waals surface area contributed by atoms with Gasteiger partial charge in [0.05, 0.1) is 12.2 Å². The summed E-state index contributed by atoms with van der Waals surface area (Å²) in [6.45, 7) is 7.67. The third kappa shape index (κ3) is 1.40. The lowest BCUT2D eigenvalue weighted by molar-refractivity contribution is 0.0111. The highest BCUT2D eigenvalue weighted by Crippen LogP contribution is 2.37. The fourth-order valence-corrected chi connectivity index (χ4v) is 2.15. The second-order valence-electron chi connectivity index (χ2n) is 3.94. The predicted octanol–water partition coefficient (Wildman–Crippen LogP) is 1.05. The molecule has 11 heavy (non-hydrogen) atoms. The first-order valence-electron chi connectivity index (χ1n) is 4.05. The first-order chi connectivity index (χ1) is 4.70. The van der Waals surface area contributed by atoms with Crippen LogP contribution in [0.1, 0.15) is 13.8 Å². The van der Waals surface area contributed by atoms with Gasteiger partial charge in [-0.2, -0.15) is 0 Å². The van der Waals surface area contributed by atoms with Gasteiger partial charge in [0.25, 0.3) is 0 Å². The highest BCUT2D eigenvalue weighted by atomic mass is 35.5. The summed E-state index contributed by atoms with van der Waals surface area (Å²) in [6, 6.07) is 0. The van der Waals surface area contributed by atoms with Crippen LogP contribution in [-0.4, -0.2) is 25.3 Å². The summed E-state index contributed by atoms with van der Waals surface area (Å²) in [7, 11) is 0. The molecule has 2 aliphatic heterocycles. The molecule has 2 atom stereocenters. The largest absolute Gasteiger partial charge is 0.375 e. The van der Waals surface area contributed by atoms with Crippen molar-refractivity contribution in [2.45, 2.75) is 19.4 Å². The van der Waals surface area contributed by atoms with Crippen LogP contribution in [0.2, 0.25) is 0 Å². The molecular formula is C8H16ClNO. The maximum atomic E-state index is 5.67. The molecule has 0 saturated carbocycles. The van der Waals surface area contributed by atoms with Crippen LogP contribution in [0.5, 0.6) is 0 Å². The summed E-state index contributed by atoms with van der Waals surface area (Å²) in [4.78, 5) is 0. The molecule has 2 saturated heterocycles. The Balaban J connectivity index is 0.000000605. The van der Waals surface area contributed by atoms with E-state index in [0.29, 0.717) is 0 Å². The minimum Gasteiger partial charge on any atom is -0.375 e. The van der Waals surface area contributed by atoms with Gasteiger partial charge in [-0.25, -0.2) is 0 Å². The standard InChI is InChI=1S/C8H15NO.ClH/c1-8(2)7-4-9-3-6(7)5-10-8;/h6-7,9H,3-5H2,1-2H3;1H. The van der Waals surface area contributed by atoms with Gasteiger partial charge in [-0.3, -0.25) is 0 Å². The van der Waals surface area contributed by atoms with Crippen LogP contribution in [0.3, 0.4) is 0 Å². The minimum atomic E-state index is 0. The first kappa shape index (κ1) is 9.30. The topological polar surface area (TPSA) is 21.3 Å². The molecule has 0 aliphatic carbocycles. The van der Waals surface area contributed by atoms with Crippen LogP contribution in [0.4, 0.5) is 0 Å². The lowest BCUT2D eigenvalue weighted by Gasteiger charge is -2.23. The second kappa shape index (κ2) is 2.92. The molecule has 3 heteroatoms. The van der Waals surface area contributed by atoms with E-state index in [1.165, 1.54) is 0 Å². The van der Waals surface area contributed by atoms with E-state index in [4.69, 9.17) is 4.74 Å². The normalized spacial score (nSPS) is 39.8. The van der Waals surface area contributed by atoms with Gasteiger partial charge in [-0.15, -0.1) is 12.4 Å². The maximum Gasteiger partial charge on any atom is 0.0670 e. The zero-order chi connectivity index (χ0) is 7.19. The van der Waals surface area contributed by atoms with Crippen LogP contribution in [0.25, 0.3) is 0 Å². The van der Waals surface area contributed by atoms with E-state index in [2.05, 4.69) is 19.2 Å². The van der Waals surface area contributed by atoms with Gasteiger partial charge < -0.3 is 10.1 Å². The number of fused-ring (bicyclic) bond motifs is 1. The third-order valence-electron chi connectivity index (χ3n) is 2.90. The molecule has 2 heterocycles. The Hall–Kier alpha value is 0.210. The van der Waals surface area contributed by atoms with Gasteiger partial charge in [0.15, 0.2) is 0 Å². The Kier molecular flexibility index (Phi) is 2.47. The molecule has 2 fully saturated rings. The molecule has 0 aromatic carbocycles. The SMILES string of the molecule is CC1(C)OCC2CNCC21.Cl. The van der Waals surface area contributed by atoms with Crippen molar-refractivity contribution in [2.75, 3.05) is 19.7 Å². The van der Waals surface area contributed by atoms with Crippen molar-refractivity contribution in [2.24, 2.45) is 11.8 Å². The van der Waals surface area contributed by atoms with E-state index in [-0.39, 0.29) is 18.0 Å². The van der Waals surface area contributed by atoms with Crippen LogP contribution in [-0.2, 0) is 4.74 Å². The number of rotatable bonds is 0. The molecule has 1 N–H and O–H groups in total. The molecule has 2 nitrogen and oxygen atoms in total. The predicted molar refractivity (Wildman–Crippen MR) is 47.1 cm³/mol. The highest BCUT2D eigenvalue weighted by molar-refractivity contribution is 5.85. The van der Waals surface area contributed by atoms with Crippen molar-refractivity contribution in [3.8, 4) is 0 Å². The summed E-state index contributed by atoms with van der Waals surface area (Å²) < 4.78 is 5.67. The average molecular weight is 178 g/mol. The summed E-state index contributed by atoms with van der Waals surface area (Å²) in [6.07, 6.45) is 0. The second-order valence-corrected chi connectivity index (χ2v) is 3.94. The summed E-state index contributed by atoms with van der Waals surface area (Å²) in [5.74, 6) is 1.54. The van der Waals surface area contributed by atoms with E-state index in [9.17, 15) is 0 Å². The molecule has 2 aliphatic rings. The number of nitrogens with one attached hydrogen (secondary N) is 1. The first-order valence-corrected chi connectivity index (χ1v) is 4.05. The minimum absolute atomic E-state index is 0. The lowest BCUT2D eigenvalue weighted by Crippen LogP contribution is -2.31. The fraction of sp³-hybridized carbons (Fsp3) is 1.00. The molecular weight excluding hydrogens is 162 g/mol. The average Bonchev–Trinajstić information content (AvgIpc) is 2.36. The maximum absolute atomic E-state index is 5.67. The third-order valence-corrected chi connectivity index (χ3v) is 2.90. The molecule has 66 valence electrons. The zero-order valence-electron chi connectivity index (χ0n) is 7.09. The summed E-state index contributed by atoms with van der Waals surface area (Å²) in [5.41, 5.74) is 0.133. The van der Waals surface area contributed by atoms with Gasteiger partial charge in [0.2, 0.25) is 0 Å². The van der Waals surface area contributed by atoms with Crippen molar-refractivity contribution in [3.63, 3.8) is 0 Å². The van der Waals surface area contributed by atoms with Crippen LogP contribution in [0.15, 0.2) is 0 Å². The molecule has 0 aromatic rings. The Morgan fingerprint density at radius 1 is 1.36 bits per heavy atom. The number of hydrogen-bond acceptors (Lipinski definition) is 2. The summed E-state index contributed by atoms with van der Waals surface area (Å²) in [5, 5.41) is 3.40. The monoisotopic (exact) mass is 177 g/mol. The van der Waals surface area contributed by atoms with Crippen LogP contribution in [0, 0.1) is 11.8 Å². The Labute approximate surface area is 74.1 Å². The summed E-state index contributed by atoms with van der Waals surface area (Å²) >= 11 is 0. The smallest absolute Gasteiger partial charge is 0.0670 e. The number of halogens is 1. The molecule has 0 amide bonds. The van der Waals surface area contributed by atoms with Gasteiger partial charge in [0, 0.05) is 24.9 Å². The fourth-order valence-electron chi connectivity index (χ4n) is 2.15. The van der Waals surface area contributed by atoms with E-state index in [1.54, 1.807) is 0 Å². The molecule has 2 unspecified atom stereocenters. The van der Waals surface area contributed by atoms with Crippen molar-refractivity contribution in [1.82, 2.24) is 5.32 Å². The van der Waals surface area contributed by atoms with Gasteiger partial charge >= 0.3 is 0 Å². The molecule has 0 spiro atoms. The molecule has 0 radical (unpaired) electrons. The quantitative estimate of drug-likeness (QED) is 0.598. The molecule has 0 aromatic heterocycles. The van der Waals surface area contributed by atoms with Crippen molar-refractivity contribution in [1.29, 1.82) is 0 Å². The Bertz CT molecular complexity index is 149. The number of hydrogen-bond donors (Lipinski definition) is 1. The van der Waals surface area contributed by atoms with Gasteiger partial charge in [-0.1, -0.05) is 0 Å². The van der Waals surface area contributed by atoms with Crippen molar-refractivity contribution < 1.29 is 4.74 Å². The highest BCUT2D eigenvalue weighted by Gasteiger charge is 2.45. The van der Waals surface area contributed by atoms with E-state index in [0.717, 1.165) is 31.5 Å². The molecule has 0 bridgehead atoms. The molecule has 2 rings (SSSR count). The van der Waals surface area contributed by atoms with Crippen LogP contribution >= 0.6 is 12.4 Å². The number of ether oxygens (including phenoxy) is 1. The zero-order valence-corrected chi connectivity index (χ0v) is 7.91. The van der Waals surface area contributed by atoms with E-state index < -0.39 is 0 Å².